The lowest BCUT2D eigenvalue weighted by Crippen LogP contribution is -2.40. The van der Waals surface area contributed by atoms with Crippen LogP contribution in [0.3, 0.4) is 0 Å². The van der Waals surface area contributed by atoms with Crippen LogP contribution in [0, 0.1) is 0 Å². The smallest absolute Gasteiger partial charge is 0.253 e. The van der Waals surface area contributed by atoms with E-state index in [0.717, 1.165) is 16.1 Å². The summed E-state index contributed by atoms with van der Waals surface area (Å²) in [6.07, 6.45) is 4.23. The van der Waals surface area contributed by atoms with E-state index in [1.165, 1.54) is 6.26 Å². The highest BCUT2D eigenvalue weighted by Gasteiger charge is 2.35. The monoisotopic (exact) mass is 401 g/mol. The molecule has 0 aliphatic carbocycles. The van der Waals surface area contributed by atoms with Gasteiger partial charge < -0.3 is 19.6 Å². The first kappa shape index (κ1) is 18.3. The average Bonchev–Trinajstić information content (AvgIpc) is 3.30. The van der Waals surface area contributed by atoms with Crippen LogP contribution in [0.25, 0.3) is 16.6 Å². The summed E-state index contributed by atoms with van der Waals surface area (Å²) >= 11 is 0. The summed E-state index contributed by atoms with van der Waals surface area (Å²) < 4.78 is 36.4. The van der Waals surface area contributed by atoms with Gasteiger partial charge >= 0.3 is 0 Å². The normalized spacial score (nSPS) is 17.5. The molecule has 4 rings (SSSR count). The molecule has 0 bridgehead atoms. The van der Waals surface area contributed by atoms with E-state index < -0.39 is 16.1 Å². The molecule has 3 heterocycles. The summed E-state index contributed by atoms with van der Waals surface area (Å²) in [6.45, 7) is 2.40. The minimum absolute atomic E-state index is 0.302. The Bertz CT molecular complexity index is 1210. The summed E-state index contributed by atoms with van der Waals surface area (Å²) in [7, 11) is -3.65. The van der Waals surface area contributed by atoms with Crippen LogP contribution in [0.4, 0.5) is 0 Å². The molecule has 0 radical (unpaired) electrons. The predicted molar refractivity (Wildman–Crippen MR) is 105 cm³/mol. The third-order valence-electron chi connectivity index (χ3n) is 4.43. The molecular formula is C19H19N3O5S. The molecule has 2 N–H and O–H groups in total. The van der Waals surface area contributed by atoms with Crippen molar-refractivity contribution in [1.82, 2.24) is 14.8 Å². The maximum Gasteiger partial charge on any atom is 0.253 e. The maximum absolute atomic E-state index is 12.8. The van der Waals surface area contributed by atoms with Crippen molar-refractivity contribution in [3.63, 3.8) is 0 Å². The molecule has 2 aromatic heterocycles. The predicted octanol–water partition coefficient (Wildman–Crippen LogP) is 2.38. The summed E-state index contributed by atoms with van der Waals surface area (Å²) in [5.41, 5.74) is 3.84. The molecule has 8 nitrogen and oxygen atoms in total. The second kappa shape index (κ2) is 6.84. The number of nitrogens with zero attached hydrogens (tertiary/aromatic N) is 1. The lowest BCUT2D eigenvalue weighted by Gasteiger charge is -2.22. The van der Waals surface area contributed by atoms with Gasteiger partial charge in [0.25, 0.3) is 5.56 Å². The van der Waals surface area contributed by atoms with Gasteiger partial charge in [0.1, 0.15) is 5.75 Å². The van der Waals surface area contributed by atoms with Crippen molar-refractivity contribution in [2.45, 2.75) is 13.0 Å². The first-order valence-electron chi connectivity index (χ1n) is 8.68. The minimum Gasteiger partial charge on any atom is -0.494 e. The molecule has 0 unspecified atom stereocenters. The summed E-state index contributed by atoms with van der Waals surface area (Å²) in [5.74, 6) is 1.13. The van der Waals surface area contributed by atoms with Crippen LogP contribution in [0.15, 0.2) is 57.9 Å². The second-order valence-corrected chi connectivity index (χ2v) is 8.27. The molecule has 0 amide bonds. The van der Waals surface area contributed by atoms with E-state index in [4.69, 9.17) is 9.15 Å². The zero-order valence-electron chi connectivity index (χ0n) is 15.3. The first-order valence-corrected chi connectivity index (χ1v) is 10.5. The van der Waals surface area contributed by atoms with Crippen LogP contribution in [-0.4, -0.2) is 30.7 Å². The van der Waals surface area contributed by atoms with Gasteiger partial charge in [0.2, 0.25) is 10.0 Å². The molecule has 146 valence electrons. The largest absolute Gasteiger partial charge is 0.494 e. The van der Waals surface area contributed by atoms with Gasteiger partial charge in [-0.3, -0.25) is 4.79 Å². The van der Waals surface area contributed by atoms with Gasteiger partial charge in [-0.1, -0.05) is 0 Å². The highest BCUT2D eigenvalue weighted by Crippen LogP contribution is 2.32. The van der Waals surface area contributed by atoms with E-state index in [2.05, 4.69) is 10.4 Å². The van der Waals surface area contributed by atoms with Gasteiger partial charge in [-0.25, -0.2) is 8.42 Å². The van der Waals surface area contributed by atoms with Crippen LogP contribution in [0.5, 0.6) is 5.75 Å². The van der Waals surface area contributed by atoms with E-state index in [-0.39, 0.29) is 5.56 Å². The molecule has 28 heavy (non-hydrogen) atoms. The lowest BCUT2D eigenvalue weighted by molar-refractivity contribution is 0.340. The third kappa shape index (κ3) is 3.30. The van der Waals surface area contributed by atoms with E-state index in [1.807, 2.05) is 13.0 Å². The second-order valence-electron chi connectivity index (χ2n) is 6.41. The number of aromatic amines is 1. The third-order valence-corrected chi connectivity index (χ3v) is 5.46. The number of hydrogen-bond acceptors (Lipinski definition) is 6. The maximum atomic E-state index is 12.8. The molecule has 1 atom stereocenters. The molecule has 0 spiro atoms. The van der Waals surface area contributed by atoms with E-state index in [9.17, 15) is 13.2 Å². The Hall–Kier alpha value is -3.04. The number of sulfonamides is 1. The number of H-pyrrole nitrogens is 1. The first-order chi connectivity index (χ1) is 13.4. The van der Waals surface area contributed by atoms with Crippen molar-refractivity contribution >= 4 is 26.6 Å². The minimum atomic E-state index is -3.65. The number of rotatable bonds is 5. The number of furan rings is 1. The summed E-state index contributed by atoms with van der Waals surface area (Å²) in [4.78, 5) is 15.6. The molecule has 0 saturated carbocycles. The fraction of sp³-hybridized carbons (Fsp3) is 0.211. The Labute approximate surface area is 161 Å². The average molecular weight is 401 g/mol. The number of hydrogen-bond donors (Lipinski definition) is 2. The Morgan fingerprint density at radius 3 is 2.75 bits per heavy atom. The van der Waals surface area contributed by atoms with Crippen molar-refractivity contribution < 1.29 is 17.6 Å². The Morgan fingerprint density at radius 1 is 1.25 bits per heavy atom. The van der Waals surface area contributed by atoms with Gasteiger partial charge in [0.15, 0.2) is 5.76 Å². The molecule has 3 aromatic rings. The van der Waals surface area contributed by atoms with Gasteiger partial charge in [0.05, 0.1) is 36.4 Å². The fourth-order valence-electron chi connectivity index (χ4n) is 3.20. The fourth-order valence-corrected chi connectivity index (χ4v) is 4.05. The Morgan fingerprint density at radius 2 is 2.07 bits per heavy atom. The van der Waals surface area contributed by atoms with Gasteiger partial charge in [-0.15, -0.1) is 4.41 Å². The lowest BCUT2D eigenvalue weighted by atomic mass is 10.1. The SMILES string of the molecule is CCOc1ccc2cc([C@@H]3C=C(c4ccco4)NN3S(C)(=O)=O)c(=O)[nH]c2c1. The van der Waals surface area contributed by atoms with Gasteiger partial charge in [0, 0.05) is 11.6 Å². The quantitative estimate of drug-likeness (QED) is 0.680. The van der Waals surface area contributed by atoms with E-state index in [0.29, 0.717) is 34.9 Å². The Kier molecular flexibility index (Phi) is 4.48. The van der Waals surface area contributed by atoms with E-state index in [1.54, 1.807) is 36.4 Å². The standard InChI is InChI=1S/C19H19N3O5S/c1-3-26-13-7-6-12-9-14(19(23)20-15(12)10-13)17-11-16(18-5-4-8-27-18)21-22(17)28(2,24)25/h4-11,17,21H,3H2,1-2H3,(H,20,23)/t17-/m0/s1. The zero-order chi connectivity index (χ0) is 19.9. The molecule has 9 heteroatoms. The Balaban J connectivity index is 1.82. The van der Waals surface area contributed by atoms with Crippen molar-refractivity contribution in [2.24, 2.45) is 0 Å². The highest BCUT2D eigenvalue weighted by atomic mass is 32.2. The van der Waals surface area contributed by atoms with Gasteiger partial charge in [-0.2, -0.15) is 0 Å². The number of ether oxygens (including phenoxy) is 1. The molecule has 0 fully saturated rings. The van der Waals surface area contributed by atoms with Crippen LogP contribution in [-0.2, 0) is 10.0 Å². The summed E-state index contributed by atoms with van der Waals surface area (Å²) in [5, 5.41) is 0.770. The summed E-state index contributed by atoms with van der Waals surface area (Å²) in [6, 6.07) is 9.67. The number of fused-ring (bicyclic) bond motifs is 1. The van der Waals surface area contributed by atoms with Crippen molar-refractivity contribution in [2.75, 3.05) is 12.9 Å². The van der Waals surface area contributed by atoms with Crippen molar-refractivity contribution in [3.05, 3.63) is 70.4 Å². The molecule has 1 aliphatic heterocycles. The van der Waals surface area contributed by atoms with Crippen molar-refractivity contribution in [1.29, 1.82) is 0 Å². The van der Waals surface area contributed by atoms with Crippen LogP contribution < -0.4 is 15.7 Å². The molecule has 1 aromatic carbocycles. The zero-order valence-corrected chi connectivity index (χ0v) is 16.1. The topological polar surface area (TPSA) is 105 Å². The highest BCUT2D eigenvalue weighted by molar-refractivity contribution is 7.88. The number of nitrogens with one attached hydrogen (secondary N) is 2. The van der Waals surface area contributed by atoms with E-state index >= 15 is 0 Å². The molecular weight excluding hydrogens is 382 g/mol. The number of aromatic nitrogens is 1. The number of hydrazine groups is 1. The number of benzene rings is 1. The molecule has 0 saturated heterocycles. The van der Waals surface area contributed by atoms with Crippen LogP contribution >= 0.6 is 0 Å². The van der Waals surface area contributed by atoms with Crippen LogP contribution in [0.1, 0.15) is 24.3 Å². The van der Waals surface area contributed by atoms with Crippen LogP contribution in [0.2, 0.25) is 0 Å². The van der Waals surface area contributed by atoms with Crippen molar-refractivity contribution in [3.8, 4) is 5.75 Å². The van der Waals surface area contributed by atoms with Gasteiger partial charge in [-0.05, 0) is 48.7 Å². The number of pyridine rings is 1. The molecule has 1 aliphatic rings.